The first kappa shape index (κ1) is 34.2. The quantitative estimate of drug-likeness (QED) is 0.236. The Labute approximate surface area is 286 Å². The first-order valence-electron chi connectivity index (χ1n) is 16.4. The third kappa shape index (κ3) is 7.06. The first-order valence-corrected chi connectivity index (χ1v) is 17.8. The number of amidine groups is 1. The predicted octanol–water partition coefficient (Wildman–Crippen LogP) is 4.30. The Balaban J connectivity index is 1.45. The van der Waals surface area contributed by atoms with E-state index < -0.39 is 20.9 Å². The smallest absolute Gasteiger partial charge is 0.283 e. The second-order valence-corrected chi connectivity index (χ2v) is 14.4. The van der Waals surface area contributed by atoms with E-state index in [2.05, 4.69) is 50.4 Å². The topological polar surface area (TPSA) is 138 Å². The summed E-state index contributed by atoms with van der Waals surface area (Å²) in [5, 5.41) is 11.2. The molecule has 0 bridgehead atoms. The van der Waals surface area contributed by atoms with E-state index in [0.717, 1.165) is 55.1 Å². The lowest BCUT2D eigenvalue weighted by Crippen LogP contribution is -2.60. The Bertz CT molecular complexity index is 1800. The van der Waals surface area contributed by atoms with E-state index in [1.165, 1.54) is 12.1 Å². The normalized spacial score (nSPS) is 21.4. The van der Waals surface area contributed by atoms with E-state index in [1.807, 2.05) is 17.0 Å². The van der Waals surface area contributed by atoms with E-state index in [9.17, 15) is 23.3 Å². The summed E-state index contributed by atoms with van der Waals surface area (Å²) in [6, 6.07) is 18.4. The monoisotopic (exact) mass is 690 g/mol. The summed E-state index contributed by atoms with van der Waals surface area (Å²) in [7, 11) is 0.983. The highest BCUT2D eigenvalue weighted by Gasteiger charge is 2.51. The van der Waals surface area contributed by atoms with Gasteiger partial charge in [-0.2, -0.15) is 8.42 Å². The number of hydrogen-bond donors (Lipinski definition) is 0. The molecule has 3 aromatic rings. The molecule has 3 saturated heterocycles. The summed E-state index contributed by atoms with van der Waals surface area (Å²) in [6.07, 6.45) is 1.28. The van der Waals surface area contributed by atoms with E-state index in [1.54, 1.807) is 27.2 Å². The van der Waals surface area contributed by atoms with Crippen LogP contribution in [0.25, 0.3) is 0 Å². The van der Waals surface area contributed by atoms with Gasteiger partial charge in [0.2, 0.25) is 5.91 Å². The summed E-state index contributed by atoms with van der Waals surface area (Å²) in [5.41, 5.74) is 2.70. The number of methoxy groups -OCH3 is 2. The van der Waals surface area contributed by atoms with Crippen LogP contribution >= 0.6 is 0 Å². The molecule has 49 heavy (non-hydrogen) atoms. The summed E-state index contributed by atoms with van der Waals surface area (Å²) in [5.74, 6) is 1.00. The van der Waals surface area contributed by atoms with Gasteiger partial charge in [-0.3, -0.25) is 14.9 Å². The highest BCUT2D eigenvalue weighted by atomic mass is 32.2. The van der Waals surface area contributed by atoms with Crippen molar-refractivity contribution in [2.75, 3.05) is 65.4 Å². The number of ether oxygens (including phenoxy) is 2. The maximum atomic E-state index is 13.9. The molecule has 14 heteroatoms. The zero-order valence-corrected chi connectivity index (χ0v) is 29.0. The number of piperazine rings is 1. The second-order valence-electron chi connectivity index (χ2n) is 12.8. The van der Waals surface area contributed by atoms with Gasteiger partial charge in [-0.25, -0.2) is 0 Å². The number of sulfonamides is 1. The molecule has 1 amide bonds. The lowest BCUT2D eigenvalue weighted by atomic mass is 9.75. The van der Waals surface area contributed by atoms with Crippen molar-refractivity contribution in [1.82, 2.24) is 14.7 Å². The molecule has 13 nitrogen and oxygen atoms in total. The molecular formula is C35H42N6O7S. The fourth-order valence-corrected chi connectivity index (χ4v) is 8.10. The van der Waals surface area contributed by atoms with Gasteiger partial charge in [0.1, 0.15) is 17.3 Å². The molecule has 0 aromatic heterocycles. The number of hydrogen-bond acceptors (Lipinski definition) is 9. The summed E-state index contributed by atoms with van der Waals surface area (Å²) < 4.78 is 43.5. The molecule has 2 atom stereocenters. The molecule has 3 fully saturated rings. The van der Waals surface area contributed by atoms with Gasteiger partial charge in [-0.15, -0.1) is 4.40 Å². The number of non-ortho nitro benzene ring substituents is 1. The van der Waals surface area contributed by atoms with Crippen molar-refractivity contribution in [2.24, 2.45) is 4.40 Å². The number of carbonyl (C=O) groups is 1. The standard InChI is InChI=1S/C35H42N6O7S/c1-24(42)38-15-13-28(14-16-38)40-34(25-5-7-27(8-6-25)39-19-17-37(2)18-20-39)33(26-21-30(47-3)23-31(22-26)48-4)35(40)36-49(45,46)32-11-9-29(10-12-32)41(43)44/h5-12,21-23,28,33-34H,13-20H2,1-4H3. The summed E-state index contributed by atoms with van der Waals surface area (Å²) in [6.45, 7) is 6.49. The fraction of sp³-hybridized carbons (Fsp3) is 0.429. The highest BCUT2D eigenvalue weighted by molar-refractivity contribution is 7.90. The van der Waals surface area contributed by atoms with Gasteiger partial charge in [0.15, 0.2) is 0 Å². The number of likely N-dealkylation sites (tertiary alicyclic amines) is 2. The number of amides is 1. The molecule has 0 spiro atoms. The van der Waals surface area contributed by atoms with Gasteiger partial charge in [-0.1, -0.05) is 12.1 Å². The number of nitrogens with zero attached hydrogens (tertiary/aromatic N) is 6. The lowest BCUT2D eigenvalue weighted by Gasteiger charge is -2.55. The number of carbonyl (C=O) groups excluding carboxylic acids is 1. The minimum Gasteiger partial charge on any atom is -0.497 e. The van der Waals surface area contributed by atoms with Gasteiger partial charge in [0.25, 0.3) is 15.7 Å². The van der Waals surface area contributed by atoms with Crippen molar-refractivity contribution in [2.45, 2.75) is 42.7 Å². The minimum absolute atomic E-state index is 0.00842. The zero-order valence-electron chi connectivity index (χ0n) is 28.2. The highest BCUT2D eigenvalue weighted by Crippen LogP contribution is 2.51. The molecule has 0 N–H and O–H groups in total. The van der Waals surface area contributed by atoms with Crippen LogP contribution in [0.4, 0.5) is 11.4 Å². The van der Waals surface area contributed by atoms with Gasteiger partial charge >= 0.3 is 0 Å². The SMILES string of the molecule is COc1cc(OC)cc(C2C(=NS(=O)(=O)c3ccc([N+](=O)[O-])cc3)N(C3CCN(C(C)=O)CC3)C2c2ccc(N3CCN(C)CC3)cc2)c1. The average molecular weight is 691 g/mol. The Kier molecular flexibility index (Phi) is 9.79. The third-order valence-electron chi connectivity index (χ3n) is 9.86. The van der Waals surface area contributed by atoms with E-state index in [0.29, 0.717) is 43.3 Å². The molecule has 3 aliphatic rings. The van der Waals surface area contributed by atoms with Gasteiger partial charge in [-0.05, 0) is 67.4 Å². The van der Waals surface area contributed by atoms with Crippen LogP contribution in [0.5, 0.6) is 11.5 Å². The first-order chi connectivity index (χ1) is 23.5. The minimum atomic E-state index is -4.28. The number of anilines is 1. The molecule has 2 unspecified atom stereocenters. The van der Waals surface area contributed by atoms with Crippen molar-refractivity contribution in [1.29, 1.82) is 0 Å². The second kappa shape index (κ2) is 14.0. The van der Waals surface area contributed by atoms with Crippen LogP contribution in [0.2, 0.25) is 0 Å². The van der Waals surface area contributed by atoms with Crippen LogP contribution in [0.3, 0.4) is 0 Å². The van der Waals surface area contributed by atoms with Crippen LogP contribution in [0, 0.1) is 10.1 Å². The Morgan fingerprint density at radius 1 is 0.857 bits per heavy atom. The Morgan fingerprint density at radius 3 is 1.98 bits per heavy atom. The third-order valence-corrected chi connectivity index (χ3v) is 11.2. The molecular weight excluding hydrogens is 648 g/mol. The van der Waals surface area contributed by atoms with E-state index in [4.69, 9.17) is 9.47 Å². The van der Waals surface area contributed by atoms with E-state index >= 15 is 0 Å². The molecule has 0 saturated carbocycles. The number of benzene rings is 3. The van der Waals surface area contributed by atoms with Crippen molar-refractivity contribution >= 4 is 33.1 Å². The van der Waals surface area contributed by atoms with Crippen molar-refractivity contribution < 1.29 is 27.6 Å². The lowest BCUT2D eigenvalue weighted by molar-refractivity contribution is -0.384. The molecule has 6 rings (SSSR count). The molecule has 0 radical (unpaired) electrons. The molecule has 3 aliphatic heterocycles. The van der Waals surface area contributed by atoms with Gasteiger partial charge in [0, 0.05) is 76.1 Å². The van der Waals surface area contributed by atoms with Gasteiger partial charge in [0.05, 0.1) is 36.0 Å². The van der Waals surface area contributed by atoms with Crippen molar-refractivity contribution in [3.8, 4) is 11.5 Å². The van der Waals surface area contributed by atoms with E-state index in [-0.39, 0.29) is 28.6 Å². The van der Waals surface area contributed by atoms with Crippen LogP contribution in [0.15, 0.2) is 76.0 Å². The number of likely N-dealkylation sites (N-methyl/N-ethyl adjacent to an activating group) is 1. The molecule has 0 aliphatic carbocycles. The van der Waals surface area contributed by atoms with Crippen LogP contribution in [0.1, 0.15) is 42.9 Å². The number of piperidine rings is 1. The Morgan fingerprint density at radius 2 is 1.45 bits per heavy atom. The van der Waals surface area contributed by atoms with Gasteiger partial charge < -0.3 is 29.1 Å². The average Bonchev–Trinajstić information content (AvgIpc) is 3.10. The fourth-order valence-electron chi connectivity index (χ4n) is 7.06. The number of rotatable bonds is 9. The van der Waals surface area contributed by atoms with Crippen molar-refractivity contribution in [3.63, 3.8) is 0 Å². The van der Waals surface area contributed by atoms with Crippen LogP contribution in [-0.2, 0) is 14.8 Å². The molecule has 3 aromatic carbocycles. The maximum Gasteiger partial charge on any atom is 0.283 e. The van der Waals surface area contributed by atoms with Crippen LogP contribution in [-0.4, -0.2) is 106 Å². The molecule has 3 heterocycles. The van der Waals surface area contributed by atoms with Crippen LogP contribution < -0.4 is 14.4 Å². The maximum absolute atomic E-state index is 13.9. The zero-order chi connectivity index (χ0) is 34.9. The molecule has 260 valence electrons. The number of nitro benzene ring substituents is 1. The Hall–Kier alpha value is -4.69. The largest absolute Gasteiger partial charge is 0.497 e. The predicted molar refractivity (Wildman–Crippen MR) is 186 cm³/mol. The van der Waals surface area contributed by atoms with Crippen molar-refractivity contribution in [3.05, 3.63) is 88.0 Å². The number of nitro groups is 1. The summed E-state index contributed by atoms with van der Waals surface area (Å²) >= 11 is 0. The summed E-state index contributed by atoms with van der Waals surface area (Å²) in [4.78, 5) is 31.3.